The third kappa shape index (κ3) is 9.87. The van der Waals surface area contributed by atoms with Crippen molar-refractivity contribution in [1.82, 2.24) is 5.32 Å². The van der Waals surface area contributed by atoms with Crippen LogP contribution in [-0.2, 0) is 9.53 Å². The van der Waals surface area contributed by atoms with Crippen LogP contribution in [0.15, 0.2) is 12.8 Å². The van der Waals surface area contributed by atoms with Gasteiger partial charge >= 0.3 is 0 Å². The lowest BCUT2D eigenvalue weighted by molar-refractivity contribution is -0.124. The Balaban J connectivity index is 3.50. The lowest BCUT2D eigenvalue weighted by Gasteiger charge is -2.12. The minimum Gasteiger partial charge on any atom is -0.502 e. The zero-order valence-electron chi connectivity index (χ0n) is 11.1. The number of rotatable bonds is 10. The summed E-state index contributed by atoms with van der Waals surface area (Å²) in [6.07, 6.45) is 5.11. The first-order chi connectivity index (χ1) is 8.07. The van der Waals surface area contributed by atoms with E-state index in [9.17, 15) is 4.79 Å². The Morgan fingerprint density at radius 3 is 2.71 bits per heavy atom. The summed E-state index contributed by atoms with van der Waals surface area (Å²) in [6.45, 7) is 8.65. The topological polar surface area (TPSA) is 64.3 Å². The SMILES string of the molecule is C=COCCCNC(=O)C(C)CCCC(C)N. The van der Waals surface area contributed by atoms with Gasteiger partial charge in [0.05, 0.1) is 12.9 Å². The molecule has 0 bridgehead atoms. The van der Waals surface area contributed by atoms with Crippen LogP contribution in [0.2, 0.25) is 0 Å². The Hall–Kier alpha value is -1.03. The summed E-state index contributed by atoms with van der Waals surface area (Å²) >= 11 is 0. The highest BCUT2D eigenvalue weighted by molar-refractivity contribution is 5.78. The molecule has 1 amide bonds. The summed E-state index contributed by atoms with van der Waals surface area (Å²) in [5, 5.41) is 2.89. The average molecular weight is 242 g/mol. The van der Waals surface area contributed by atoms with Gasteiger partial charge in [-0.05, 0) is 26.2 Å². The lowest BCUT2D eigenvalue weighted by Crippen LogP contribution is -2.30. The third-order valence-electron chi connectivity index (χ3n) is 2.60. The normalized spacial score (nSPS) is 13.8. The number of nitrogens with two attached hydrogens (primary N) is 1. The second kappa shape index (κ2) is 10.1. The van der Waals surface area contributed by atoms with E-state index in [1.54, 1.807) is 0 Å². The van der Waals surface area contributed by atoms with E-state index in [4.69, 9.17) is 10.5 Å². The molecule has 17 heavy (non-hydrogen) atoms. The van der Waals surface area contributed by atoms with E-state index < -0.39 is 0 Å². The maximum Gasteiger partial charge on any atom is 0.222 e. The molecule has 4 nitrogen and oxygen atoms in total. The van der Waals surface area contributed by atoms with Gasteiger partial charge in [-0.3, -0.25) is 4.79 Å². The van der Waals surface area contributed by atoms with Crippen molar-refractivity contribution in [3.05, 3.63) is 12.8 Å². The molecule has 0 aliphatic rings. The van der Waals surface area contributed by atoms with Gasteiger partial charge in [0.2, 0.25) is 5.91 Å². The van der Waals surface area contributed by atoms with Crippen molar-refractivity contribution in [2.24, 2.45) is 11.7 Å². The second-order valence-corrected chi connectivity index (χ2v) is 4.49. The van der Waals surface area contributed by atoms with Gasteiger partial charge in [0.15, 0.2) is 0 Å². The molecule has 0 aliphatic heterocycles. The molecule has 0 aromatic rings. The van der Waals surface area contributed by atoms with E-state index >= 15 is 0 Å². The highest BCUT2D eigenvalue weighted by Gasteiger charge is 2.11. The summed E-state index contributed by atoms with van der Waals surface area (Å²) < 4.78 is 4.97. The van der Waals surface area contributed by atoms with Crippen molar-refractivity contribution in [3.63, 3.8) is 0 Å². The van der Waals surface area contributed by atoms with Crippen molar-refractivity contribution in [3.8, 4) is 0 Å². The molecular weight excluding hydrogens is 216 g/mol. The van der Waals surface area contributed by atoms with Crippen LogP contribution < -0.4 is 11.1 Å². The monoisotopic (exact) mass is 242 g/mol. The maximum absolute atomic E-state index is 11.6. The summed E-state index contributed by atoms with van der Waals surface area (Å²) in [6, 6.07) is 0.223. The summed E-state index contributed by atoms with van der Waals surface area (Å²) in [7, 11) is 0. The van der Waals surface area contributed by atoms with Gasteiger partial charge in [0.1, 0.15) is 0 Å². The first kappa shape index (κ1) is 16.0. The van der Waals surface area contributed by atoms with Gasteiger partial charge < -0.3 is 15.8 Å². The molecule has 4 heteroatoms. The minimum atomic E-state index is 0.0640. The molecule has 100 valence electrons. The van der Waals surface area contributed by atoms with Crippen LogP contribution in [-0.4, -0.2) is 25.1 Å². The van der Waals surface area contributed by atoms with Crippen LogP contribution >= 0.6 is 0 Å². The van der Waals surface area contributed by atoms with Gasteiger partial charge in [-0.1, -0.05) is 19.9 Å². The van der Waals surface area contributed by atoms with E-state index in [0.717, 1.165) is 25.7 Å². The highest BCUT2D eigenvalue weighted by atomic mass is 16.5. The summed E-state index contributed by atoms with van der Waals surface area (Å²) in [5.74, 6) is 0.183. The third-order valence-corrected chi connectivity index (χ3v) is 2.60. The van der Waals surface area contributed by atoms with Crippen LogP contribution in [0.1, 0.15) is 39.5 Å². The van der Waals surface area contributed by atoms with E-state index in [2.05, 4.69) is 11.9 Å². The second-order valence-electron chi connectivity index (χ2n) is 4.49. The van der Waals surface area contributed by atoms with Crippen LogP contribution in [0.5, 0.6) is 0 Å². The number of hydrogen-bond acceptors (Lipinski definition) is 3. The van der Waals surface area contributed by atoms with E-state index in [-0.39, 0.29) is 17.9 Å². The molecule has 0 aromatic heterocycles. The van der Waals surface area contributed by atoms with Crippen LogP contribution in [0.4, 0.5) is 0 Å². The molecule has 0 aliphatic carbocycles. The molecular formula is C13H26N2O2. The molecule has 0 rings (SSSR count). The molecule has 0 saturated heterocycles. The molecule has 0 saturated carbocycles. The molecule has 0 radical (unpaired) electrons. The number of hydrogen-bond donors (Lipinski definition) is 2. The number of carbonyl (C=O) groups is 1. The van der Waals surface area contributed by atoms with Crippen molar-refractivity contribution >= 4 is 5.91 Å². The van der Waals surface area contributed by atoms with Gasteiger partial charge in [-0.25, -0.2) is 0 Å². The Labute approximate surface area is 105 Å². The van der Waals surface area contributed by atoms with E-state index in [1.165, 1.54) is 6.26 Å². The van der Waals surface area contributed by atoms with Gasteiger partial charge in [0.25, 0.3) is 0 Å². The zero-order valence-corrected chi connectivity index (χ0v) is 11.1. The standard InChI is InChI=1S/C13H26N2O2/c1-4-17-10-6-9-15-13(16)11(2)7-5-8-12(3)14/h4,11-12H,1,5-10,14H2,2-3H3,(H,15,16). The fourth-order valence-electron chi connectivity index (χ4n) is 1.50. The van der Waals surface area contributed by atoms with Crippen molar-refractivity contribution in [2.75, 3.05) is 13.2 Å². The number of ether oxygens (including phenoxy) is 1. The van der Waals surface area contributed by atoms with Crippen LogP contribution in [0.25, 0.3) is 0 Å². The maximum atomic E-state index is 11.6. The molecule has 0 heterocycles. The fraction of sp³-hybridized carbons (Fsp3) is 0.769. The van der Waals surface area contributed by atoms with Gasteiger partial charge in [-0.2, -0.15) is 0 Å². The number of nitrogens with one attached hydrogen (secondary N) is 1. The lowest BCUT2D eigenvalue weighted by atomic mass is 10.0. The summed E-state index contributed by atoms with van der Waals surface area (Å²) in [4.78, 5) is 11.6. The van der Waals surface area contributed by atoms with E-state index in [0.29, 0.717) is 13.2 Å². The molecule has 2 unspecified atom stereocenters. The largest absolute Gasteiger partial charge is 0.502 e. The Bertz CT molecular complexity index is 217. The van der Waals surface area contributed by atoms with Crippen molar-refractivity contribution < 1.29 is 9.53 Å². The molecule has 0 spiro atoms. The predicted octanol–water partition coefficient (Wildman–Crippen LogP) is 1.81. The Morgan fingerprint density at radius 2 is 2.12 bits per heavy atom. The Morgan fingerprint density at radius 1 is 1.41 bits per heavy atom. The quantitative estimate of drug-likeness (QED) is 0.453. The van der Waals surface area contributed by atoms with Gasteiger partial charge in [-0.15, -0.1) is 0 Å². The van der Waals surface area contributed by atoms with Crippen molar-refractivity contribution in [2.45, 2.75) is 45.6 Å². The van der Waals surface area contributed by atoms with Crippen molar-refractivity contribution in [1.29, 1.82) is 0 Å². The molecule has 2 atom stereocenters. The predicted molar refractivity (Wildman–Crippen MR) is 70.4 cm³/mol. The average Bonchev–Trinajstić information content (AvgIpc) is 2.27. The first-order valence-electron chi connectivity index (χ1n) is 6.33. The number of amides is 1. The van der Waals surface area contributed by atoms with E-state index in [1.807, 2.05) is 13.8 Å². The smallest absolute Gasteiger partial charge is 0.222 e. The van der Waals surface area contributed by atoms with Gasteiger partial charge in [0, 0.05) is 18.5 Å². The molecule has 0 fully saturated rings. The first-order valence-corrected chi connectivity index (χ1v) is 6.33. The fourth-order valence-corrected chi connectivity index (χ4v) is 1.50. The van der Waals surface area contributed by atoms with Crippen LogP contribution in [0.3, 0.4) is 0 Å². The molecule has 3 N–H and O–H groups in total. The minimum absolute atomic E-state index is 0.0640. The molecule has 0 aromatic carbocycles. The number of carbonyl (C=O) groups excluding carboxylic acids is 1. The zero-order chi connectivity index (χ0) is 13.1. The van der Waals surface area contributed by atoms with Crippen LogP contribution in [0, 0.1) is 5.92 Å². The summed E-state index contributed by atoms with van der Waals surface area (Å²) in [5.41, 5.74) is 5.66. The Kier molecular flexibility index (Phi) is 9.53. The highest BCUT2D eigenvalue weighted by Crippen LogP contribution is 2.08.